The largest absolute Gasteiger partial charge is 0.465 e. The highest BCUT2D eigenvalue weighted by atomic mass is 32.2. The maximum Gasteiger partial charge on any atom is 0.324 e. The topological polar surface area (TPSA) is 84.0 Å². The van der Waals surface area contributed by atoms with E-state index in [1.54, 1.807) is 49.4 Å². The SMILES string of the molecule is CCOC(=O)[C@@]12C(=O)N(C([Si](C)(C)C)[Si](C)(C)C)C[C@]13[C@H]2c1ccccc1N3S(=O)(=O)c1ccccc1. The summed E-state index contributed by atoms with van der Waals surface area (Å²) in [5.41, 5.74) is -1.55. The van der Waals surface area contributed by atoms with Crippen LogP contribution in [0.4, 0.5) is 5.69 Å². The molecular formula is C27H36N2O5SSi2. The van der Waals surface area contributed by atoms with Gasteiger partial charge in [0.25, 0.3) is 10.0 Å². The monoisotopic (exact) mass is 556 g/mol. The zero-order valence-electron chi connectivity index (χ0n) is 22.6. The summed E-state index contributed by atoms with van der Waals surface area (Å²) in [6.07, 6.45) is 0. The third-order valence-corrected chi connectivity index (χ3v) is 19.2. The molecule has 7 nitrogen and oxygen atoms in total. The van der Waals surface area contributed by atoms with Crippen LogP contribution in [0.25, 0.3) is 0 Å². The second-order valence-electron chi connectivity index (χ2n) is 12.6. The lowest BCUT2D eigenvalue weighted by atomic mass is 9.95. The highest BCUT2D eigenvalue weighted by molar-refractivity contribution is 7.93. The molecule has 0 unspecified atom stereocenters. The van der Waals surface area contributed by atoms with E-state index in [-0.39, 0.29) is 29.2 Å². The second-order valence-corrected chi connectivity index (χ2v) is 25.5. The van der Waals surface area contributed by atoms with Gasteiger partial charge in [-0.1, -0.05) is 75.7 Å². The van der Waals surface area contributed by atoms with Crippen molar-refractivity contribution in [2.75, 3.05) is 17.5 Å². The van der Waals surface area contributed by atoms with Crippen molar-refractivity contribution >= 4 is 43.7 Å². The molecule has 1 aliphatic carbocycles. The Morgan fingerprint density at radius 1 is 1.00 bits per heavy atom. The van der Waals surface area contributed by atoms with Crippen molar-refractivity contribution in [1.29, 1.82) is 0 Å². The third kappa shape index (κ3) is 3.24. The summed E-state index contributed by atoms with van der Waals surface area (Å²) in [5.74, 6) is -1.45. The number of carbonyl (C=O) groups is 2. The standard InChI is InChI=1S/C27H36N2O5SSi2/c1-8-34-24(31)27-22-20-16-12-13-17-21(20)29(35(32,33)19-14-10-9-11-15-19)26(22,27)18-28(23(27)30)25(36(2,3)4)37(5,6)7/h9-17,22,25H,8,18H2,1-7H3/t22-,26+,27-/m1/s1. The number of hydrogen-bond donors (Lipinski definition) is 0. The first-order chi connectivity index (χ1) is 17.2. The maximum absolute atomic E-state index is 14.6. The van der Waals surface area contributed by atoms with Crippen LogP contribution in [0.1, 0.15) is 18.4 Å². The van der Waals surface area contributed by atoms with Crippen LogP contribution in [0.15, 0.2) is 59.5 Å². The molecule has 2 aliphatic heterocycles. The minimum atomic E-state index is -4.08. The molecular weight excluding hydrogens is 521 g/mol. The molecule has 2 aromatic carbocycles. The van der Waals surface area contributed by atoms with Crippen LogP contribution in [0.2, 0.25) is 39.3 Å². The van der Waals surface area contributed by atoms with Gasteiger partial charge < -0.3 is 9.64 Å². The number of carbonyl (C=O) groups excluding carboxylic acids is 2. The molecule has 1 saturated heterocycles. The van der Waals surface area contributed by atoms with Gasteiger partial charge in [-0.3, -0.25) is 13.9 Å². The van der Waals surface area contributed by atoms with Gasteiger partial charge in [0.05, 0.1) is 33.3 Å². The van der Waals surface area contributed by atoms with E-state index in [1.807, 2.05) is 17.0 Å². The molecule has 37 heavy (non-hydrogen) atoms. The van der Waals surface area contributed by atoms with Crippen LogP contribution in [-0.4, -0.2) is 65.3 Å². The van der Waals surface area contributed by atoms with Gasteiger partial charge in [-0.15, -0.1) is 0 Å². The molecule has 1 amide bonds. The summed E-state index contributed by atoms with van der Waals surface area (Å²) < 4.78 is 35.6. The molecule has 2 fully saturated rings. The summed E-state index contributed by atoms with van der Waals surface area (Å²) in [6, 6.07) is 15.6. The Morgan fingerprint density at radius 2 is 1.57 bits per heavy atom. The quantitative estimate of drug-likeness (QED) is 0.289. The normalized spacial score (nSPS) is 26.7. The van der Waals surface area contributed by atoms with E-state index >= 15 is 0 Å². The van der Waals surface area contributed by atoms with Crippen molar-refractivity contribution in [2.24, 2.45) is 5.41 Å². The fourth-order valence-corrected chi connectivity index (χ4v) is 22.2. The number of sulfonamides is 1. The average Bonchev–Trinajstić information content (AvgIpc) is 3.14. The molecule has 2 aromatic rings. The summed E-state index contributed by atoms with van der Waals surface area (Å²) in [7, 11) is -7.96. The fraction of sp³-hybridized carbons (Fsp3) is 0.481. The van der Waals surface area contributed by atoms with Gasteiger partial charge in [-0.25, -0.2) is 8.42 Å². The Labute approximate surface area is 221 Å². The van der Waals surface area contributed by atoms with E-state index < -0.39 is 49.0 Å². The molecule has 10 heteroatoms. The van der Waals surface area contributed by atoms with Gasteiger partial charge in [-0.05, 0) is 30.7 Å². The van der Waals surface area contributed by atoms with E-state index in [4.69, 9.17) is 4.74 Å². The summed E-state index contributed by atoms with van der Waals surface area (Å²) >= 11 is 0. The van der Waals surface area contributed by atoms with Gasteiger partial charge in [0.1, 0.15) is 5.54 Å². The van der Waals surface area contributed by atoms with Gasteiger partial charge in [0.2, 0.25) is 5.91 Å². The highest BCUT2D eigenvalue weighted by Gasteiger charge is 2.96. The minimum absolute atomic E-state index is 0.0339. The molecule has 0 aromatic heterocycles. The predicted octanol–water partition coefficient (Wildman–Crippen LogP) is 4.25. The first-order valence-corrected chi connectivity index (χ1v) is 21.5. The molecule has 1 saturated carbocycles. The molecule has 5 rings (SSSR count). The Hall–Kier alpha value is -2.44. The zero-order chi connectivity index (χ0) is 27.2. The number of para-hydroxylation sites is 1. The molecule has 0 bridgehead atoms. The summed E-state index contributed by atoms with van der Waals surface area (Å²) in [4.78, 5) is 30.5. The number of piperidine rings is 1. The smallest absolute Gasteiger partial charge is 0.324 e. The van der Waals surface area contributed by atoms with Crippen LogP contribution in [0.5, 0.6) is 0 Å². The average molecular weight is 557 g/mol. The van der Waals surface area contributed by atoms with E-state index in [0.717, 1.165) is 5.56 Å². The first kappa shape index (κ1) is 26.2. The Bertz CT molecular complexity index is 1370. The van der Waals surface area contributed by atoms with E-state index in [9.17, 15) is 18.0 Å². The number of esters is 1. The van der Waals surface area contributed by atoms with E-state index in [0.29, 0.717) is 5.69 Å². The number of nitrogens with zero attached hydrogens (tertiary/aromatic N) is 2. The second kappa shape index (κ2) is 8.03. The number of fused-ring (bicyclic) bond motifs is 3. The number of hydrogen-bond acceptors (Lipinski definition) is 5. The van der Waals surface area contributed by atoms with Crippen molar-refractivity contribution in [1.82, 2.24) is 4.90 Å². The van der Waals surface area contributed by atoms with Crippen molar-refractivity contribution in [3.05, 3.63) is 60.2 Å². The number of likely N-dealkylation sites (tertiary alicyclic amines) is 1. The highest BCUT2D eigenvalue weighted by Crippen LogP contribution is 2.81. The lowest BCUT2D eigenvalue weighted by Crippen LogP contribution is -2.65. The van der Waals surface area contributed by atoms with E-state index in [1.165, 1.54) is 4.31 Å². The molecule has 198 valence electrons. The lowest BCUT2D eigenvalue weighted by molar-refractivity contribution is -0.156. The summed E-state index contributed by atoms with van der Waals surface area (Å²) in [5, 5.41) is 0.0339. The minimum Gasteiger partial charge on any atom is -0.465 e. The van der Waals surface area contributed by atoms with Crippen LogP contribution in [0, 0.1) is 5.41 Å². The molecule has 2 heterocycles. The van der Waals surface area contributed by atoms with Crippen molar-refractivity contribution < 1.29 is 22.7 Å². The lowest BCUT2D eigenvalue weighted by Gasteiger charge is -2.46. The van der Waals surface area contributed by atoms with Gasteiger partial charge >= 0.3 is 5.97 Å². The van der Waals surface area contributed by atoms with E-state index in [2.05, 4.69) is 39.3 Å². The van der Waals surface area contributed by atoms with Crippen molar-refractivity contribution in [2.45, 2.75) is 67.8 Å². The molecule has 0 N–H and O–H groups in total. The Kier molecular flexibility index (Phi) is 5.68. The number of benzene rings is 2. The van der Waals surface area contributed by atoms with Crippen LogP contribution in [-0.2, 0) is 24.3 Å². The van der Waals surface area contributed by atoms with Crippen LogP contribution < -0.4 is 4.31 Å². The summed E-state index contributed by atoms with van der Waals surface area (Å²) in [6.45, 7) is 15.5. The Morgan fingerprint density at radius 3 is 2.14 bits per heavy atom. The van der Waals surface area contributed by atoms with Crippen LogP contribution >= 0.6 is 0 Å². The molecule has 3 atom stereocenters. The number of amides is 1. The maximum atomic E-state index is 14.6. The predicted molar refractivity (Wildman–Crippen MR) is 149 cm³/mol. The third-order valence-electron chi connectivity index (χ3n) is 8.18. The first-order valence-electron chi connectivity index (χ1n) is 12.9. The zero-order valence-corrected chi connectivity index (χ0v) is 25.4. The number of ether oxygens (including phenoxy) is 1. The fourth-order valence-electron chi connectivity index (χ4n) is 7.68. The van der Waals surface area contributed by atoms with Gasteiger partial charge in [-0.2, -0.15) is 0 Å². The molecule has 0 radical (unpaired) electrons. The van der Waals surface area contributed by atoms with Gasteiger partial charge in [0.15, 0.2) is 5.41 Å². The van der Waals surface area contributed by atoms with Crippen molar-refractivity contribution in [3.63, 3.8) is 0 Å². The number of rotatable bonds is 7. The Balaban J connectivity index is 1.77. The molecule has 3 aliphatic rings. The van der Waals surface area contributed by atoms with Gasteiger partial charge in [0, 0.05) is 17.8 Å². The van der Waals surface area contributed by atoms with Crippen LogP contribution in [0.3, 0.4) is 0 Å². The molecule has 1 spiro atoms. The van der Waals surface area contributed by atoms with Crippen molar-refractivity contribution in [3.8, 4) is 0 Å². The number of anilines is 1.